The van der Waals surface area contributed by atoms with Crippen LogP contribution in [0.4, 0.5) is 5.69 Å². The molecule has 1 saturated heterocycles. The number of nitrogens with one attached hydrogen (secondary N) is 2. The topological polar surface area (TPSA) is 80.9 Å². The Morgan fingerprint density at radius 1 is 1.14 bits per heavy atom. The Morgan fingerprint density at radius 3 is 2.55 bits per heavy atom. The van der Waals surface area contributed by atoms with Crippen molar-refractivity contribution in [1.29, 1.82) is 0 Å². The van der Waals surface area contributed by atoms with E-state index in [0.717, 1.165) is 37.3 Å². The van der Waals surface area contributed by atoms with Crippen LogP contribution in [0.15, 0.2) is 59.6 Å². The van der Waals surface area contributed by atoms with Gasteiger partial charge in [-0.1, -0.05) is 48.5 Å². The second-order valence-electron chi connectivity index (χ2n) is 7.59. The average molecular weight is 397 g/mol. The van der Waals surface area contributed by atoms with Gasteiger partial charge in [0.1, 0.15) is 0 Å². The predicted octanol–water partition coefficient (Wildman–Crippen LogP) is 3.46. The van der Waals surface area contributed by atoms with Crippen LogP contribution in [0.25, 0.3) is 0 Å². The number of nitrogens with two attached hydrogens (primary N) is 1. The van der Waals surface area contributed by atoms with Gasteiger partial charge in [0.05, 0.1) is 13.2 Å². The second-order valence-corrected chi connectivity index (χ2v) is 7.59. The lowest BCUT2D eigenvalue weighted by Gasteiger charge is -2.39. The van der Waals surface area contributed by atoms with Gasteiger partial charge in [0.25, 0.3) is 0 Å². The van der Waals surface area contributed by atoms with E-state index >= 15 is 0 Å². The maximum atomic E-state index is 6.23. The van der Waals surface area contributed by atoms with Gasteiger partial charge < -0.3 is 25.8 Å². The zero-order valence-corrected chi connectivity index (χ0v) is 17.4. The molecule has 1 aliphatic rings. The molecule has 6 heteroatoms. The number of benzene rings is 2. The molecule has 6 nitrogen and oxygen atoms in total. The van der Waals surface area contributed by atoms with Crippen molar-refractivity contribution in [3.63, 3.8) is 0 Å². The first-order valence-electron chi connectivity index (χ1n) is 10.2. The number of ether oxygens (including phenoxy) is 2. The van der Waals surface area contributed by atoms with Crippen LogP contribution in [-0.2, 0) is 16.1 Å². The number of para-hydroxylation sites is 1. The SMILES string of the molecule is COCc1ccccc1NC(N)=NCC1(NC(C)c2ccccc2)CCOCC1. The standard InChI is InChI=1S/C23H32N4O2/c1-18(19-8-4-3-5-9-19)27-23(12-14-29-15-13-23)17-25-22(24)26-21-11-7-6-10-20(21)16-28-2/h3-11,18,27H,12-17H2,1-2H3,(H3,24,25,26). The third-order valence-electron chi connectivity index (χ3n) is 5.40. The highest BCUT2D eigenvalue weighted by Gasteiger charge is 2.33. The zero-order valence-electron chi connectivity index (χ0n) is 17.4. The Balaban J connectivity index is 1.70. The molecule has 2 aromatic rings. The highest BCUT2D eigenvalue weighted by molar-refractivity contribution is 5.93. The van der Waals surface area contributed by atoms with Crippen molar-refractivity contribution >= 4 is 11.6 Å². The first kappa shape index (κ1) is 21.3. The number of hydrogen-bond donors (Lipinski definition) is 3. The summed E-state index contributed by atoms with van der Waals surface area (Å²) in [4.78, 5) is 4.69. The molecule has 0 radical (unpaired) electrons. The summed E-state index contributed by atoms with van der Waals surface area (Å²) in [7, 11) is 1.68. The van der Waals surface area contributed by atoms with Crippen molar-refractivity contribution in [3.05, 3.63) is 65.7 Å². The molecule has 29 heavy (non-hydrogen) atoms. The summed E-state index contributed by atoms with van der Waals surface area (Å²) in [5.74, 6) is 0.411. The summed E-state index contributed by atoms with van der Waals surface area (Å²) in [6, 6.07) is 18.7. The van der Waals surface area contributed by atoms with Crippen LogP contribution in [0, 0.1) is 0 Å². The summed E-state index contributed by atoms with van der Waals surface area (Å²) in [6.45, 7) is 4.77. The van der Waals surface area contributed by atoms with Crippen LogP contribution in [0.3, 0.4) is 0 Å². The maximum Gasteiger partial charge on any atom is 0.193 e. The van der Waals surface area contributed by atoms with Gasteiger partial charge >= 0.3 is 0 Å². The Kier molecular flexibility index (Phi) is 7.63. The summed E-state index contributed by atoms with van der Waals surface area (Å²) in [5, 5.41) is 7.03. The Labute approximate surface area is 173 Å². The number of guanidine groups is 1. The van der Waals surface area contributed by atoms with E-state index in [4.69, 9.17) is 15.2 Å². The monoisotopic (exact) mass is 396 g/mol. The molecule has 156 valence electrons. The molecule has 0 aliphatic carbocycles. The quantitative estimate of drug-likeness (QED) is 0.470. The van der Waals surface area contributed by atoms with Gasteiger partial charge in [0.15, 0.2) is 5.96 Å². The van der Waals surface area contributed by atoms with E-state index in [1.807, 2.05) is 30.3 Å². The van der Waals surface area contributed by atoms with Gasteiger partial charge in [-0.05, 0) is 31.4 Å². The van der Waals surface area contributed by atoms with Crippen molar-refractivity contribution in [3.8, 4) is 0 Å². The van der Waals surface area contributed by atoms with E-state index in [1.54, 1.807) is 7.11 Å². The molecule has 1 fully saturated rings. The highest BCUT2D eigenvalue weighted by Crippen LogP contribution is 2.26. The first-order chi connectivity index (χ1) is 14.1. The number of rotatable bonds is 8. The molecule has 0 amide bonds. The van der Waals surface area contributed by atoms with Gasteiger partial charge in [-0.25, -0.2) is 0 Å². The largest absolute Gasteiger partial charge is 0.381 e. The fraction of sp³-hybridized carbons (Fsp3) is 0.435. The normalized spacial score (nSPS) is 17.7. The van der Waals surface area contributed by atoms with E-state index < -0.39 is 0 Å². The van der Waals surface area contributed by atoms with Crippen molar-refractivity contribution in [1.82, 2.24) is 5.32 Å². The fourth-order valence-electron chi connectivity index (χ4n) is 3.73. The highest BCUT2D eigenvalue weighted by atomic mass is 16.5. The van der Waals surface area contributed by atoms with Gasteiger partial charge in [-0.15, -0.1) is 0 Å². The molecule has 1 atom stereocenters. The Bertz CT molecular complexity index is 788. The fourth-order valence-corrected chi connectivity index (χ4v) is 3.73. The van der Waals surface area contributed by atoms with E-state index in [2.05, 4.69) is 46.8 Å². The molecular weight excluding hydrogens is 364 g/mol. The molecule has 2 aromatic carbocycles. The van der Waals surface area contributed by atoms with Crippen molar-refractivity contribution in [2.45, 2.75) is 38.0 Å². The van der Waals surface area contributed by atoms with E-state index in [-0.39, 0.29) is 11.6 Å². The molecule has 1 aliphatic heterocycles. The summed E-state index contributed by atoms with van der Waals surface area (Å²) >= 11 is 0. The number of methoxy groups -OCH3 is 1. The predicted molar refractivity (Wildman–Crippen MR) is 118 cm³/mol. The average Bonchev–Trinajstić information content (AvgIpc) is 2.75. The van der Waals surface area contributed by atoms with Crippen molar-refractivity contribution in [2.24, 2.45) is 10.7 Å². The summed E-state index contributed by atoms with van der Waals surface area (Å²) in [6.07, 6.45) is 1.81. The number of aliphatic imine (C=N–C) groups is 1. The third-order valence-corrected chi connectivity index (χ3v) is 5.40. The maximum absolute atomic E-state index is 6.23. The molecule has 0 spiro atoms. The second kappa shape index (κ2) is 10.4. The van der Waals surface area contributed by atoms with Gasteiger partial charge in [-0.2, -0.15) is 0 Å². The van der Waals surface area contributed by atoms with E-state index in [0.29, 0.717) is 19.1 Å². The van der Waals surface area contributed by atoms with Crippen molar-refractivity contribution in [2.75, 3.05) is 32.2 Å². The van der Waals surface area contributed by atoms with Crippen LogP contribution in [0.2, 0.25) is 0 Å². The van der Waals surface area contributed by atoms with Crippen LogP contribution in [-0.4, -0.2) is 38.4 Å². The zero-order chi connectivity index (χ0) is 20.5. The number of hydrogen-bond acceptors (Lipinski definition) is 4. The van der Waals surface area contributed by atoms with Crippen LogP contribution in [0.1, 0.15) is 36.9 Å². The summed E-state index contributed by atoms with van der Waals surface area (Å²) < 4.78 is 10.9. The first-order valence-corrected chi connectivity index (χ1v) is 10.2. The van der Waals surface area contributed by atoms with E-state index in [9.17, 15) is 0 Å². The number of nitrogens with zero attached hydrogens (tertiary/aromatic N) is 1. The smallest absolute Gasteiger partial charge is 0.193 e. The molecule has 1 unspecified atom stereocenters. The molecule has 0 aromatic heterocycles. The van der Waals surface area contributed by atoms with Crippen LogP contribution < -0.4 is 16.4 Å². The lowest BCUT2D eigenvalue weighted by molar-refractivity contribution is 0.0375. The summed E-state index contributed by atoms with van der Waals surface area (Å²) in [5.41, 5.74) is 9.33. The lowest BCUT2D eigenvalue weighted by atomic mass is 9.88. The van der Waals surface area contributed by atoms with E-state index in [1.165, 1.54) is 5.56 Å². The Hall–Kier alpha value is -2.41. The minimum atomic E-state index is -0.133. The molecule has 4 N–H and O–H groups in total. The molecule has 0 saturated carbocycles. The van der Waals surface area contributed by atoms with Gasteiger partial charge in [-0.3, -0.25) is 4.99 Å². The number of anilines is 1. The molecule has 0 bridgehead atoms. The van der Waals surface area contributed by atoms with Gasteiger partial charge in [0.2, 0.25) is 0 Å². The Morgan fingerprint density at radius 2 is 1.83 bits per heavy atom. The van der Waals surface area contributed by atoms with Gasteiger partial charge in [0, 0.05) is 43.2 Å². The molecular formula is C23H32N4O2. The molecule has 3 rings (SSSR count). The van der Waals surface area contributed by atoms with Crippen LogP contribution >= 0.6 is 0 Å². The third kappa shape index (κ3) is 6.03. The minimum absolute atomic E-state index is 0.133. The lowest BCUT2D eigenvalue weighted by Crippen LogP contribution is -2.53. The minimum Gasteiger partial charge on any atom is -0.381 e. The van der Waals surface area contributed by atoms with Crippen LogP contribution in [0.5, 0.6) is 0 Å². The van der Waals surface area contributed by atoms with Crippen molar-refractivity contribution < 1.29 is 9.47 Å². The molecule has 1 heterocycles.